The van der Waals surface area contributed by atoms with Crippen molar-refractivity contribution in [2.75, 3.05) is 0 Å². The van der Waals surface area contributed by atoms with E-state index in [9.17, 15) is 5.11 Å². The minimum absolute atomic E-state index is 0.208. The molecule has 0 aromatic rings. The van der Waals surface area contributed by atoms with Crippen LogP contribution in [0.1, 0.15) is 112 Å². The number of hydrogen-bond donors (Lipinski definition) is 1. The molecule has 2 saturated carbocycles. The predicted molar refractivity (Wildman–Crippen MR) is 142 cm³/mol. The standard InChI is InChI=1S/C31H52O/c1-8-27(13-9-12-26(5)32)17-18-28-14-10-20-30(6,7)29(19-16-25(28)4)15-11-21-31(22-23-31)24(2)3/h8,11,17-18,21,24-26,29,32H,1,9-10,12-16,19-20,22-23H2,2-7H3/b21-11+,27-17+,28-18+. The largest absolute Gasteiger partial charge is 0.393 e. The molecule has 2 aliphatic carbocycles. The SMILES string of the molecule is C=C/C(=C\C=C1/CCCC(C)(C)C(C/C=C/C2(C(C)C)CC2)CCC1C)CCCC(C)O. The second kappa shape index (κ2) is 12.4. The Morgan fingerprint density at radius 2 is 1.88 bits per heavy atom. The van der Waals surface area contributed by atoms with Gasteiger partial charge in [-0.15, -0.1) is 0 Å². The van der Waals surface area contributed by atoms with Crippen molar-refractivity contribution in [1.82, 2.24) is 0 Å². The zero-order valence-electron chi connectivity index (χ0n) is 22.1. The molecule has 0 aliphatic heterocycles. The molecule has 1 N–H and O–H groups in total. The molecule has 0 amide bonds. The Kier molecular flexibility index (Phi) is 10.5. The molecule has 32 heavy (non-hydrogen) atoms. The van der Waals surface area contributed by atoms with Crippen molar-refractivity contribution in [3.8, 4) is 0 Å². The Morgan fingerprint density at radius 3 is 2.47 bits per heavy atom. The fraction of sp³-hybridized carbons (Fsp3) is 0.742. The van der Waals surface area contributed by atoms with E-state index in [0.717, 1.165) is 31.1 Å². The number of hydrogen-bond acceptors (Lipinski definition) is 1. The molecule has 0 saturated heterocycles. The first-order chi connectivity index (χ1) is 15.1. The van der Waals surface area contributed by atoms with Gasteiger partial charge in [-0.1, -0.05) is 77.2 Å². The van der Waals surface area contributed by atoms with Crippen molar-refractivity contribution in [1.29, 1.82) is 0 Å². The molecule has 0 aromatic carbocycles. The van der Waals surface area contributed by atoms with Crippen LogP contribution in [0, 0.1) is 28.6 Å². The molecule has 3 unspecified atom stereocenters. The first kappa shape index (κ1) is 27.2. The van der Waals surface area contributed by atoms with E-state index in [0.29, 0.717) is 16.7 Å². The molecule has 1 heteroatoms. The van der Waals surface area contributed by atoms with Crippen molar-refractivity contribution in [3.05, 3.63) is 48.1 Å². The molecule has 0 heterocycles. The molecule has 2 fully saturated rings. The van der Waals surface area contributed by atoms with E-state index in [1.807, 2.05) is 13.0 Å². The topological polar surface area (TPSA) is 20.2 Å². The maximum atomic E-state index is 9.51. The van der Waals surface area contributed by atoms with E-state index in [4.69, 9.17) is 0 Å². The summed E-state index contributed by atoms with van der Waals surface area (Å²) in [5.74, 6) is 2.21. The van der Waals surface area contributed by atoms with Crippen LogP contribution in [-0.4, -0.2) is 11.2 Å². The molecule has 0 radical (unpaired) electrons. The van der Waals surface area contributed by atoms with Crippen LogP contribution in [0.15, 0.2) is 48.1 Å². The van der Waals surface area contributed by atoms with Crippen molar-refractivity contribution < 1.29 is 5.11 Å². The highest BCUT2D eigenvalue weighted by Gasteiger charge is 2.42. The van der Waals surface area contributed by atoms with Gasteiger partial charge in [0.25, 0.3) is 0 Å². The van der Waals surface area contributed by atoms with Crippen molar-refractivity contribution >= 4 is 0 Å². The normalized spacial score (nSPS) is 28.4. The fourth-order valence-electron chi connectivity index (χ4n) is 5.53. The maximum absolute atomic E-state index is 9.51. The summed E-state index contributed by atoms with van der Waals surface area (Å²) in [4.78, 5) is 0. The average molecular weight is 441 g/mol. The monoisotopic (exact) mass is 440 g/mol. The zero-order chi connectivity index (χ0) is 23.8. The van der Waals surface area contributed by atoms with Gasteiger partial charge in [0.2, 0.25) is 0 Å². The van der Waals surface area contributed by atoms with E-state index < -0.39 is 0 Å². The van der Waals surface area contributed by atoms with Crippen molar-refractivity contribution in [2.24, 2.45) is 28.6 Å². The minimum Gasteiger partial charge on any atom is -0.393 e. The lowest BCUT2D eigenvalue weighted by molar-refractivity contribution is 0.178. The lowest BCUT2D eigenvalue weighted by atomic mass is 9.71. The van der Waals surface area contributed by atoms with E-state index in [-0.39, 0.29) is 6.10 Å². The molecule has 3 atom stereocenters. The van der Waals surface area contributed by atoms with Gasteiger partial charge < -0.3 is 5.11 Å². The Balaban J connectivity index is 2.01. The second-order valence-corrected chi connectivity index (χ2v) is 12.0. The van der Waals surface area contributed by atoms with Crippen LogP contribution in [0.5, 0.6) is 0 Å². The van der Waals surface area contributed by atoms with Gasteiger partial charge in [0.05, 0.1) is 6.10 Å². The van der Waals surface area contributed by atoms with Gasteiger partial charge in [0.1, 0.15) is 0 Å². The molecule has 182 valence electrons. The molecular weight excluding hydrogens is 388 g/mol. The summed E-state index contributed by atoms with van der Waals surface area (Å²) in [7, 11) is 0. The van der Waals surface area contributed by atoms with Crippen LogP contribution in [0.4, 0.5) is 0 Å². The van der Waals surface area contributed by atoms with Crippen LogP contribution in [-0.2, 0) is 0 Å². The Bertz CT molecular complexity index is 669. The third-order valence-corrected chi connectivity index (χ3v) is 8.68. The molecule has 0 aromatic heterocycles. The van der Waals surface area contributed by atoms with Gasteiger partial charge in [-0.3, -0.25) is 0 Å². The summed E-state index contributed by atoms with van der Waals surface area (Å²) in [5.41, 5.74) is 3.85. The van der Waals surface area contributed by atoms with E-state index in [2.05, 4.69) is 65.5 Å². The quantitative estimate of drug-likeness (QED) is 0.265. The van der Waals surface area contributed by atoms with E-state index in [1.165, 1.54) is 56.9 Å². The third kappa shape index (κ3) is 8.36. The summed E-state index contributed by atoms with van der Waals surface area (Å²) in [6.07, 6.45) is 25.0. The van der Waals surface area contributed by atoms with Gasteiger partial charge >= 0.3 is 0 Å². The van der Waals surface area contributed by atoms with Crippen LogP contribution >= 0.6 is 0 Å². The number of rotatable bonds is 10. The summed E-state index contributed by atoms with van der Waals surface area (Å²) < 4.78 is 0. The predicted octanol–water partition coefficient (Wildman–Crippen LogP) is 9.20. The highest BCUT2D eigenvalue weighted by Crippen LogP contribution is 2.53. The average Bonchev–Trinajstić information content (AvgIpc) is 3.51. The smallest absolute Gasteiger partial charge is 0.0512 e. The summed E-state index contributed by atoms with van der Waals surface area (Å²) in [5, 5.41) is 9.51. The van der Waals surface area contributed by atoms with Gasteiger partial charge in [-0.05, 0) is 112 Å². The van der Waals surface area contributed by atoms with E-state index in [1.54, 1.807) is 5.57 Å². The molecule has 1 nitrogen and oxygen atoms in total. The fourth-order valence-corrected chi connectivity index (χ4v) is 5.53. The zero-order valence-corrected chi connectivity index (χ0v) is 22.1. The Hall–Kier alpha value is -1.08. The first-order valence-corrected chi connectivity index (χ1v) is 13.5. The second-order valence-electron chi connectivity index (χ2n) is 12.0. The van der Waals surface area contributed by atoms with Crippen molar-refractivity contribution in [2.45, 2.75) is 118 Å². The third-order valence-electron chi connectivity index (χ3n) is 8.68. The minimum atomic E-state index is -0.208. The number of aliphatic hydroxyl groups is 1. The first-order valence-electron chi connectivity index (χ1n) is 13.5. The molecule has 2 aliphatic rings. The molecule has 0 bridgehead atoms. The molecular formula is C31H52O. The van der Waals surface area contributed by atoms with Crippen LogP contribution < -0.4 is 0 Å². The molecule has 2 rings (SSSR count). The summed E-state index contributed by atoms with van der Waals surface area (Å²) in [6.45, 7) is 18.1. The maximum Gasteiger partial charge on any atom is 0.0512 e. The summed E-state index contributed by atoms with van der Waals surface area (Å²) in [6, 6.07) is 0. The Labute approximate surface area is 200 Å². The van der Waals surface area contributed by atoms with Crippen LogP contribution in [0.3, 0.4) is 0 Å². The van der Waals surface area contributed by atoms with Gasteiger partial charge in [0, 0.05) is 0 Å². The van der Waals surface area contributed by atoms with Gasteiger partial charge in [-0.2, -0.15) is 0 Å². The van der Waals surface area contributed by atoms with Crippen LogP contribution in [0.25, 0.3) is 0 Å². The lowest BCUT2D eigenvalue weighted by Crippen LogP contribution is -2.24. The summed E-state index contributed by atoms with van der Waals surface area (Å²) >= 11 is 0. The number of aliphatic hydroxyl groups excluding tert-OH is 1. The number of allylic oxidation sites excluding steroid dienone is 7. The van der Waals surface area contributed by atoms with Crippen molar-refractivity contribution in [3.63, 3.8) is 0 Å². The molecule has 0 spiro atoms. The van der Waals surface area contributed by atoms with Crippen LogP contribution in [0.2, 0.25) is 0 Å². The van der Waals surface area contributed by atoms with Gasteiger partial charge in [0.15, 0.2) is 0 Å². The highest BCUT2D eigenvalue weighted by atomic mass is 16.3. The van der Waals surface area contributed by atoms with E-state index >= 15 is 0 Å². The Morgan fingerprint density at radius 1 is 1.16 bits per heavy atom. The lowest BCUT2D eigenvalue weighted by Gasteiger charge is -2.34. The highest BCUT2D eigenvalue weighted by molar-refractivity contribution is 5.25. The van der Waals surface area contributed by atoms with Gasteiger partial charge in [-0.25, -0.2) is 0 Å².